The molecule has 0 amide bonds. The van der Waals surface area contributed by atoms with Crippen LogP contribution in [0.25, 0.3) is 10.9 Å². The molecule has 0 fully saturated rings. The highest BCUT2D eigenvalue weighted by molar-refractivity contribution is 6.38. The Kier molecular flexibility index (Phi) is 2.39. The molecule has 2 aromatic rings. The molecule has 2 nitrogen and oxygen atoms in total. The second-order valence-electron chi connectivity index (χ2n) is 2.90. The summed E-state index contributed by atoms with van der Waals surface area (Å²) >= 11 is 11.5. The molecular weight excluding hydrogens is 228 g/mol. The molecule has 0 unspecified atom stereocenters. The number of aliphatic hydroxyl groups excluding tert-OH is 1. The monoisotopic (exact) mass is 233 g/mol. The number of rotatable bonds is 1. The minimum Gasteiger partial charge on any atom is -0.390 e. The number of H-pyrrole nitrogens is 1. The number of hydrogen-bond acceptors (Lipinski definition) is 1. The van der Waals surface area contributed by atoms with Crippen molar-refractivity contribution in [3.63, 3.8) is 0 Å². The highest BCUT2D eigenvalue weighted by Crippen LogP contribution is 2.31. The molecule has 0 aliphatic carbocycles. The van der Waals surface area contributed by atoms with E-state index in [2.05, 4.69) is 4.98 Å². The van der Waals surface area contributed by atoms with Gasteiger partial charge in [0.2, 0.25) is 0 Å². The van der Waals surface area contributed by atoms with E-state index in [0.717, 1.165) is 0 Å². The van der Waals surface area contributed by atoms with E-state index in [0.29, 0.717) is 16.1 Å². The smallest absolute Gasteiger partial charge is 0.165 e. The quantitative estimate of drug-likeness (QED) is 0.730. The van der Waals surface area contributed by atoms with Crippen LogP contribution in [0.2, 0.25) is 10.0 Å². The van der Waals surface area contributed by atoms with E-state index in [-0.39, 0.29) is 17.1 Å². The van der Waals surface area contributed by atoms with Gasteiger partial charge in [0.15, 0.2) is 5.82 Å². The molecule has 1 heterocycles. The van der Waals surface area contributed by atoms with Gasteiger partial charge in [0.1, 0.15) is 0 Å². The number of aromatic amines is 1. The molecule has 2 N–H and O–H groups in total. The minimum absolute atomic E-state index is 0.0335. The van der Waals surface area contributed by atoms with E-state index in [4.69, 9.17) is 28.3 Å². The first-order chi connectivity index (χ1) is 6.63. The standard InChI is InChI=1S/C9H6Cl2FNO/c10-6-2-7(11)8(12)9-5(6)1-4(3-14)13-9/h1-2,13-14H,3H2. The Morgan fingerprint density at radius 1 is 1.29 bits per heavy atom. The maximum absolute atomic E-state index is 13.4. The zero-order valence-electron chi connectivity index (χ0n) is 6.94. The van der Waals surface area contributed by atoms with Crippen molar-refractivity contribution in [3.8, 4) is 0 Å². The molecule has 5 heteroatoms. The van der Waals surface area contributed by atoms with E-state index >= 15 is 0 Å². The van der Waals surface area contributed by atoms with E-state index in [9.17, 15) is 4.39 Å². The Bertz CT molecular complexity index is 495. The summed E-state index contributed by atoms with van der Waals surface area (Å²) in [6.07, 6.45) is 0. The molecule has 0 radical (unpaired) electrons. The first kappa shape index (κ1) is 9.77. The average molecular weight is 234 g/mol. The Morgan fingerprint density at radius 3 is 2.64 bits per heavy atom. The summed E-state index contributed by atoms with van der Waals surface area (Å²) in [4.78, 5) is 2.70. The van der Waals surface area contributed by atoms with Crippen molar-refractivity contribution >= 4 is 34.1 Å². The number of fused-ring (bicyclic) bond motifs is 1. The largest absolute Gasteiger partial charge is 0.390 e. The van der Waals surface area contributed by atoms with Crippen LogP contribution in [0.5, 0.6) is 0 Å². The van der Waals surface area contributed by atoms with Gasteiger partial charge < -0.3 is 10.1 Å². The summed E-state index contributed by atoms with van der Waals surface area (Å²) in [6, 6.07) is 2.94. The summed E-state index contributed by atoms with van der Waals surface area (Å²) in [7, 11) is 0. The van der Waals surface area contributed by atoms with Crippen LogP contribution in [0.15, 0.2) is 12.1 Å². The highest BCUT2D eigenvalue weighted by atomic mass is 35.5. The highest BCUT2D eigenvalue weighted by Gasteiger charge is 2.12. The van der Waals surface area contributed by atoms with Crippen LogP contribution in [0, 0.1) is 5.82 Å². The third-order valence-electron chi connectivity index (χ3n) is 1.98. The van der Waals surface area contributed by atoms with Gasteiger partial charge in [0.25, 0.3) is 0 Å². The van der Waals surface area contributed by atoms with Crippen LogP contribution in [-0.4, -0.2) is 10.1 Å². The molecule has 2 rings (SSSR count). The fourth-order valence-electron chi connectivity index (χ4n) is 1.33. The molecule has 0 aliphatic heterocycles. The van der Waals surface area contributed by atoms with Gasteiger partial charge >= 0.3 is 0 Å². The van der Waals surface area contributed by atoms with Gasteiger partial charge in [-0.1, -0.05) is 23.2 Å². The van der Waals surface area contributed by atoms with Gasteiger partial charge in [-0.15, -0.1) is 0 Å². The van der Waals surface area contributed by atoms with Crippen molar-refractivity contribution < 1.29 is 9.50 Å². The third-order valence-corrected chi connectivity index (χ3v) is 2.57. The zero-order valence-corrected chi connectivity index (χ0v) is 8.45. The second-order valence-corrected chi connectivity index (χ2v) is 3.71. The third kappa shape index (κ3) is 1.38. The molecule has 0 aliphatic rings. The van der Waals surface area contributed by atoms with Crippen LogP contribution < -0.4 is 0 Å². The fourth-order valence-corrected chi connectivity index (χ4v) is 1.85. The maximum Gasteiger partial charge on any atom is 0.165 e. The van der Waals surface area contributed by atoms with Gasteiger partial charge in [0.05, 0.1) is 22.2 Å². The Morgan fingerprint density at radius 2 is 2.00 bits per heavy atom. The molecule has 74 valence electrons. The normalized spacial score (nSPS) is 11.1. The Labute approximate surface area is 89.3 Å². The lowest BCUT2D eigenvalue weighted by Gasteiger charge is -1.97. The molecule has 1 aromatic carbocycles. The molecule has 0 atom stereocenters. The molecule has 0 saturated heterocycles. The van der Waals surface area contributed by atoms with Crippen LogP contribution in [0.3, 0.4) is 0 Å². The minimum atomic E-state index is -0.550. The molecule has 0 saturated carbocycles. The summed E-state index contributed by atoms with van der Waals surface area (Å²) in [5, 5.41) is 9.72. The van der Waals surface area contributed by atoms with Crippen molar-refractivity contribution in [2.75, 3.05) is 0 Å². The lowest BCUT2D eigenvalue weighted by Crippen LogP contribution is -1.83. The van der Waals surface area contributed by atoms with Gasteiger partial charge in [-0.2, -0.15) is 0 Å². The van der Waals surface area contributed by atoms with Crippen molar-refractivity contribution in [2.45, 2.75) is 6.61 Å². The summed E-state index contributed by atoms with van der Waals surface area (Å²) in [5.74, 6) is -0.550. The average Bonchev–Trinajstić information content (AvgIpc) is 2.58. The van der Waals surface area contributed by atoms with Crippen LogP contribution >= 0.6 is 23.2 Å². The number of nitrogens with one attached hydrogen (secondary N) is 1. The Hall–Kier alpha value is -0.770. The molecule has 14 heavy (non-hydrogen) atoms. The number of benzene rings is 1. The first-order valence-corrected chi connectivity index (χ1v) is 4.65. The SMILES string of the molecule is OCc1cc2c(Cl)cc(Cl)c(F)c2[nH]1. The van der Waals surface area contributed by atoms with E-state index < -0.39 is 5.82 Å². The van der Waals surface area contributed by atoms with Crippen LogP contribution in [0.4, 0.5) is 4.39 Å². The molecule has 0 spiro atoms. The molecule has 1 aromatic heterocycles. The lowest BCUT2D eigenvalue weighted by atomic mass is 10.2. The first-order valence-electron chi connectivity index (χ1n) is 3.89. The maximum atomic E-state index is 13.4. The van der Waals surface area contributed by atoms with Crippen LogP contribution in [-0.2, 0) is 6.61 Å². The van der Waals surface area contributed by atoms with Crippen molar-refractivity contribution in [2.24, 2.45) is 0 Å². The predicted molar refractivity (Wildman–Crippen MR) is 54.2 cm³/mol. The van der Waals surface area contributed by atoms with Crippen molar-refractivity contribution in [1.29, 1.82) is 0 Å². The van der Waals surface area contributed by atoms with E-state index in [1.54, 1.807) is 6.07 Å². The summed E-state index contributed by atoms with van der Waals surface area (Å²) in [6.45, 7) is -0.192. The van der Waals surface area contributed by atoms with Gasteiger partial charge in [-0.05, 0) is 12.1 Å². The topological polar surface area (TPSA) is 36.0 Å². The molecule has 0 bridgehead atoms. The fraction of sp³-hybridized carbons (Fsp3) is 0.111. The predicted octanol–water partition coefficient (Wildman–Crippen LogP) is 3.11. The number of aliphatic hydroxyl groups is 1. The number of hydrogen-bond donors (Lipinski definition) is 2. The molecular formula is C9H6Cl2FNO. The van der Waals surface area contributed by atoms with Gasteiger partial charge in [-0.3, -0.25) is 0 Å². The van der Waals surface area contributed by atoms with Crippen molar-refractivity contribution in [1.82, 2.24) is 4.98 Å². The second kappa shape index (κ2) is 3.42. The number of aromatic nitrogens is 1. The van der Waals surface area contributed by atoms with Gasteiger partial charge in [0, 0.05) is 11.1 Å². The summed E-state index contributed by atoms with van der Waals surface area (Å²) in [5.41, 5.74) is 0.731. The van der Waals surface area contributed by atoms with Gasteiger partial charge in [-0.25, -0.2) is 4.39 Å². The Balaban J connectivity index is 2.84. The zero-order chi connectivity index (χ0) is 10.3. The van der Waals surface area contributed by atoms with E-state index in [1.807, 2.05) is 0 Å². The summed E-state index contributed by atoms with van der Waals surface area (Å²) < 4.78 is 13.4. The van der Waals surface area contributed by atoms with Crippen molar-refractivity contribution in [3.05, 3.63) is 33.7 Å². The van der Waals surface area contributed by atoms with E-state index in [1.165, 1.54) is 6.07 Å². The van der Waals surface area contributed by atoms with Crippen LogP contribution in [0.1, 0.15) is 5.69 Å². The number of halogens is 3. The lowest BCUT2D eigenvalue weighted by molar-refractivity contribution is 0.278.